The largest absolute Gasteiger partial charge is 0.455 e. The lowest BCUT2D eigenvalue weighted by Gasteiger charge is -2.26. The van der Waals surface area contributed by atoms with Gasteiger partial charge in [-0.2, -0.15) is 0 Å². The van der Waals surface area contributed by atoms with Crippen LogP contribution in [0.5, 0.6) is 0 Å². The van der Waals surface area contributed by atoms with Crippen molar-refractivity contribution in [2.45, 2.75) is 0 Å². The fourth-order valence-electron chi connectivity index (χ4n) is 7.75. The van der Waals surface area contributed by atoms with E-state index in [2.05, 4.69) is 199 Å². The normalized spacial score (nSPS) is 11.5. The Hall–Kier alpha value is -6.90. The van der Waals surface area contributed by atoms with E-state index in [1.54, 1.807) is 0 Å². The van der Waals surface area contributed by atoms with E-state index < -0.39 is 0 Å². The maximum Gasteiger partial charge on any atom is 0.143 e. The van der Waals surface area contributed by atoms with Crippen LogP contribution in [0.3, 0.4) is 0 Å². The van der Waals surface area contributed by atoms with Crippen molar-refractivity contribution < 1.29 is 4.42 Å². The minimum Gasteiger partial charge on any atom is -0.455 e. The number of furan rings is 1. The van der Waals surface area contributed by atoms with Gasteiger partial charge in [-0.15, -0.1) is 0 Å². The molecule has 0 amide bonds. The Morgan fingerprint density at radius 3 is 1.38 bits per heavy atom. The first-order chi connectivity index (χ1) is 25.8. The van der Waals surface area contributed by atoms with Crippen molar-refractivity contribution in [2.24, 2.45) is 0 Å². The molecule has 0 spiro atoms. The van der Waals surface area contributed by atoms with Gasteiger partial charge in [-0.1, -0.05) is 158 Å². The molecule has 0 aliphatic rings. The van der Waals surface area contributed by atoms with Gasteiger partial charge in [0.1, 0.15) is 11.2 Å². The summed E-state index contributed by atoms with van der Waals surface area (Å²) >= 11 is 0. The van der Waals surface area contributed by atoms with Crippen LogP contribution in [-0.4, -0.2) is 0 Å². The summed E-state index contributed by atoms with van der Waals surface area (Å²) in [6, 6.07) is 71.6. The van der Waals surface area contributed by atoms with Gasteiger partial charge in [0.05, 0.1) is 0 Å². The summed E-state index contributed by atoms with van der Waals surface area (Å²) in [7, 11) is 0. The molecular formula is C50H33NO. The standard InChI is InChI=1S/C50H33NO/c1-2-11-36(12-3-1)46-21-10-22-48-47-32-31-41(33-49(47)52-50(46)48)51(39-27-23-37(24-28-39)44-19-8-15-34-13-4-6-17-42(34)44)40-29-25-38(26-30-40)45-20-9-16-35-14-5-7-18-43(35)45/h1-33H. The van der Waals surface area contributed by atoms with Crippen LogP contribution >= 0.6 is 0 Å². The number of hydrogen-bond donors (Lipinski definition) is 0. The van der Waals surface area contributed by atoms with E-state index in [9.17, 15) is 0 Å². The predicted molar refractivity (Wildman–Crippen MR) is 220 cm³/mol. The Labute approximate surface area is 302 Å². The van der Waals surface area contributed by atoms with Gasteiger partial charge >= 0.3 is 0 Å². The molecule has 0 aliphatic heterocycles. The summed E-state index contributed by atoms with van der Waals surface area (Å²) in [6.45, 7) is 0. The van der Waals surface area contributed by atoms with Gasteiger partial charge in [-0.05, 0) is 85.8 Å². The molecular weight excluding hydrogens is 631 g/mol. The number of fused-ring (bicyclic) bond motifs is 5. The average Bonchev–Trinajstić information content (AvgIpc) is 3.60. The average molecular weight is 664 g/mol. The van der Waals surface area contributed by atoms with Gasteiger partial charge in [-0.25, -0.2) is 0 Å². The maximum atomic E-state index is 6.71. The van der Waals surface area contributed by atoms with Gasteiger partial charge in [0.15, 0.2) is 0 Å². The second-order valence-corrected chi connectivity index (χ2v) is 13.3. The number of para-hydroxylation sites is 1. The highest BCUT2D eigenvalue weighted by molar-refractivity contribution is 6.10. The fourth-order valence-corrected chi connectivity index (χ4v) is 7.75. The van der Waals surface area contributed by atoms with Crippen LogP contribution in [0.15, 0.2) is 205 Å². The molecule has 1 aromatic heterocycles. The lowest BCUT2D eigenvalue weighted by molar-refractivity contribution is 0.670. The molecule has 244 valence electrons. The van der Waals surface area contributed by atoms with Gasteiger partial charge in [0.25, 0.3) is 0 Å². The highest BCUT2D eigenvalue weighted by Gasteiger charge is 2.18. The van der Waals surface area contributed by atoms with Crippen molar-refractivity contribution in [3.8, 4) is 33.4 Å². The second kappa shape index (κ2) is 12.5. The Bertz CT molecular complexity index is 2750. The van der Waals surface area contributed by atoms with E-state index in [1.165, 1.54) is 43.8 Å². The van der Waals surface area contributed by atoms with Crippen LogP contribution in [0.1, 0.15) is 0 Å². The minimum atomic E-state index is 0.862. The Morgan fingerprint density at radius 2 is 0.769 bits per heavy atom. The van der Waals surface area contributed by atoms with E-state index in [0.717, 1.165) is 50.1 Å². The van der Waals surface area contributed by atoms with Crippen molar-refractivity contribution in [1.29, 1.82) is 0 Å². The first kappa shape index (κ1) is 30.0. The smallest absolute Gasteiger partial charge is 0.143 e. The molecule has 2 nitrogen and oxygen atoms in total. The minimum absolute atomic E-state index is 0.862. The highest BCUT2D eigenvalue weighted by atomic mass is 16.3. The van der Waals surface area contributed by atoms with Crippen LogP contribution in [0, 0.1) is 0 Å². The van der Waals surface area contributed by atoms with Gasteiger partial charge in [0.2, 0.25) is 0 Å². The molecule has 2 heteroatoms. The molecule has 10 aromatic rings. The molecule has 52 heavy (non-hydrogen) atoms. The van der Waals surface area contributed by atoms with Gasteiger partial charge < -0.3 is 9.32 Å². The molecule has 0 fully saturated rings. The third-order valence-electron chi connectivity index (χ3n) is 10.3. The summed E-state index contributed by atoms with van der Waals surface area (Å²) in [5.74, 6) is 0. The van der Waals surface area contributed by atoms with Crippen molar-refractivity contribution in [3.63, 3.8) is 0 Å². The van der Waals surface area contributed by atoms with Crippen LogP contribution in [0.2, 0.25) is 0 Å². The third-order valence-corrected chi connectivity index (χ3v) is 10.3. The SMILES string of the molecule is c1ccc(-c2cccc3c2oc2cc(N(c4ccc(-c5cccc6ccccc56)cc4)c4ccc(-c5cccc6ccccc56)cc4)ccc23)cc1. The number of hydrogen-bond acceptors (Lipinski definition) is 2. The monoisotopic (exact) mass is 663 g/mol. The lowest BCUT2D eigenvalue weighted by Crippen LogP contribution is -2.09. The second-order valence-electron chi connectivity index (χ2n) is 13.3. The quantitative estimate of drug-likeness (QED) is 0.176. The van der Waals surface area contributed by atoms with Gasteiger partial charge in [-0.3, -0.25) is 0 Å². The zero-order chi connectivity index (χ0) is 34.4. The van der Waals surface area contributed by atoms with Crippen molar-refractivity contribution in [2.75, 3.05) is 4.90 Å². The van der Waals surface area contributed by atoms with E-state index in [-0.39, 0.29) is 0 Å². The lowest BCUT2D eigenvalue weighted by atomic mass is 9.97. The van der Waals surface area contributed by atoms with E-state index in [4.69, 9.17) is 4.42 Å². The molecule has 1 heterocycles. The van der Waals surface area contributed by atoms with E-state index in [0.29, 0.717) is 0 Å². The van der Waals surface area contributed by atoms with Crippen molar-refractivity contribution in [3.05, 3.63) is 200 Å². The van der Waals surface area contributed by atoms with Crippen molar-refractivity contribution >= 4 is 60.5 Å². The molecule has 0 bridgehead atoms. The Balaban J connectivity index is 1.10. The Kier molecular flexibility index (Phi) is 7.18. The molecule has 9 aromatic carbocycles. The molecule has 0 radical (unpaired) electrons. The number of rotatable bonds is 6. The number of benzene rings is 9. The number of anilines is 3. The molecule has 0 N–H and O–H groups in total. The van der Waals surface area contributed by atoms with Crippen LogP contribution < -0.4 is 4.90 Å². The molecule has 0 saturated heterocycles. The fraction of sp³-hybridized carbons (Fsp3) is 0. The summed E-state index contributed by atoms with van der Waals surface area (Å²) in [4.78, 5) is 2.32. The van der Waals surface area contributed by atoms with Gasteiger partial charge in [0, 0.05) is 39.5 Å². The topological polar surface area (TPSA) is 16.4 Å². The van der Waals surface area contributed by atoms with Crippen LogP contribution in [0.4, 0.5) is 17.1 Å². The number of nitrogens with zero attached hydrogens (tertiary/aromatic N) is 1. The zero-order valence-corrected chi connectivity index (χ0v) is 28.4. The summed E-state index contributed by atoms with van der Waals surface area (Å²) in [5.41, 5.74) is 12.0. The Morgan fingerprint density at radius 1 is 0.308 bits per heavy atom. The first-order valence-electron chi connectivity index (χ1n) is 17.8. The van der Waals surface area contributed by atoms with E-state index >= 15 is 0 Å². The predicted octanol–water partition coefficient (Wildman–Crippen LogP) is 14.4. The van der Waals surface area contributed by atoms with Crippen molar-refractivity contribution in [1.82, 2.24) is 0 Å². The summed E-state index contributed by atoms with van der Waals surface area (Å²) < 4.78 is 6.71. The molecule has 0 atom stereocenters. The highest BCUT2D eigenvalue weighted by Crippen LogP contribution is 2.42. The third kappa shape index (κ3) is 5.12. The molecule has 0 unspecified atom stereocenters. The molecule has 0 saturated carbocycles. The summed E-state index contributed by atoms with van der Waals surface area (Å²) in [6.07, 6.45) is 0. The summed E-state index contributed by atoms with van der Waals surface area (Å²) in [5, 5.41) is 7.22. The molecule has 10 rings (SSSR count). The maximum absolute atomic E-state index is 6.71. The molecule has 0 aliphatic carbocycles. The first-order valence-corrected chi connectivity index (χ1v) is 17.8. The van der Waals surface area contributed by atoms with Crippen LogP contribution in [-0.2, 0) is 0 Å². The van der Waals surface area contributed by atoms with Crippen LogP contribution in [0.25, 0.3) is 76.9 Å². The zero-order valence-electron chi connectivity index (χ0n) is 28.4. The van der Waals surface area contributed by atoms with E-state index in [1.807, 2.05) is 6.07 Å².